The van der Waals surface area contributed by atoms with Crippen LogP contribution in [0.2, 0.25) is 0 Å². The zero-order chi connectivity index (χ0) is 28.3. The number of aromatic nitrogens is 4. The van der Waals surface area contributed by atoms with E-state index in [-0.39, 0.29) is 59.3 Å². The number of nitrogens with one attached hydrogen (secondary N) is 2. The summed E-state index contributed by atoms with van der Waals surface area (Å²) in [5, 5.41) is 26.9. The normalized spacial score (nSPS) is 33.5. The molecule has 5 aliphatic heterocycles. The summed E-state index contributed by atoms with van der Waals surface area (Å²) in [6, 6.07) is -1.13. The average Bonchev–Trinajstić information content (AvgIpc) is 3.70. The fourth-order valence-electron chi connectivity index (χ4n) is 6.78. The first kappa shape index (κ1) is 26.7. The van der Waals surface area contributed by atoms with Crippen LogP contribution in [0.25, 0.3) is 0 Å². The van der Waals surface area contributed by atoms with Gasteiger partial charge in [0.05, 0.1) is 29.9 Å². The third-order valence-electron chi connectivity index (χ3n) is 8.62. The number of rotatable bonds is 8. The molecule has 3 amide bonds. The van der Waals surface area contributed by atoms with Crippen molar-refractivity contribution in [2.45, 2.75) is 62.7 Å². The van der Waals surface area contributed by atoms with Gasteiger partial charge in [-0.25, -0.2) is 9.48 Å². The van der Waals surface area contributed by atoms with E-state index in [1.54, 1.807) is 6.92 Å². The van der Waals surface area contributed by atoms with Gasteiger partial charge in [0.2, 0.25) is 17.7 Å². The molecule has 6 rings (SSSR count). The number of nitrogens with zero attached hydrogens (tertiary/aromatic N) is 7. The van der Waals surface area contributed by atoms with Gasteiger partial charge < -0.3 is 31.3 Å². The summed E-state index contributed by atoms with van der Waals surface area (Å²) in [5.74, 6) is -1.60. The van der Waals surface area contributed by atoms with Crippen LogP contribution in [0.15, 0.2) is 21.9 Å². The second-order valence-corrected chi connectivity index (χ2v) is 12.6. The van der Waals surface area contributed by atoms with Crippen LogP contribution in [-0.4, -0.2) is 114 Å². The van der Waals surface area contributed by atoms with Crippen LogP contribution in [0.3, 0.4) is 0 Å². The Morgan fingerprint density at radius 3 is 2.83 bits per heavy atom. The molecule has 5 aliphatic rings. The third kappa shape index (κ3) is 4.52. The number of tetrazole rings is 1. The molecule has 3 fully saturated rings. The van der Waals surface area contributed by atoms with Gasteiger partial charge in [-0.1, -0.05) is 6.92 Å². The molecule has 16 heteroatoms. The average molecular weight is 573 g/mol. The number of amides is 3. The van der Waals surface area contributed by atoms with Crippen molar-refractivity contribution in [3.8, 4) is 0 Å². The predicted molar refractivity (Wildman–Crippen MR) is 141 cm³/mol. The van der Waals surface area contributed by atoms with Gasteiger partial charge in [-0.05, 0) is 23.8 Å². The van der Waals surface area contributed by atoms with Gasteiger partial charge >= 0.3 is 5.97 Å². The highest BCUT2D eigenvalue weighted by atomic mass is 32.2. The minimum Gasteiger partial charge on any atom is -0.477 e. The molecule has 40 heavy (non-hydrogen) atoms. The maximum atomic E-state index is 13.2. The Kier molecular flexibility index (Phi) is 6.76. The maximum absolute atomic E-state index is 13.2. The number of carboxylic acid groups (broad SMARTS) is 1. The Hall–Kier alpha value is -3.53. The number of aliphatic carboxylic acids is 1. The molecule has 1 aromatic heterocycles. The number of carbonyl (C=O) groups excluding carboxylic acids is 3. The van der Waals surface area contributed by atoms with Gasteiger partial charge in [0.25, 0.3) is 0 Å². The van der Waals surface area contributed by atoms with Gasteiger partial charge in [-0.15, -0.1) is 16.9 Å². The molecule has 0 aliphatic carbocycles. The highest BCUT2D eigenvalue weighted by molar-refractivity contribution is 8.03. The standard InChI is InChI=1S/C24H32N10O5S/c1-10-19-18(11(2)28-17(35)8-33-9-27-30-31-33)23(37)34(19)20(24(38)39)21(10)40-13-4-14(26-5-13)22(36)32-6-12-3-16(25)29-15(12)7-32/h9-15,18-19,26H,3-8H2,1-2H3,(H2,25,29)(H,28,35)(H,38,39)/t10-,11?,12+,13?,14+,15-,18-,19-/m1/s1. The van der Waals surface area contributed by atoms with E-state index in [0.29, 0.717) is 42.7 Å². The molecular weight excluding hydrogens is 540 g/mol. The van der Waals surface area contributed by atoms with Crippen molar-refractivity contribution in [3.05, 3.63) is 16.9 Å². The smallest absolute Gasteiger partial charge is 0.353 e. The summed E-state index contributed by atoms with van der Waals surface area (Å²) in [6.45, 7) is 5.37. The molecule has 3 saturated heterocycles. The second kappa shape index (κ2) is 10.1. The number of amidine groups is 1. The number of likely N-dealkylation sites (tertiary alicyclic amines) is 1. The summed E-state index contributed by atoms with van der Waals surface area (Å²) in [4.78, 5) is 59.5. The third-order valence-corrected chi connectivity index (χ3v) is 10.1. The van der Waals surface area contributed by atoms with Crippen LogP contribution in [0.5, 0.6) is 0 Å². The topological polar surface area (TPSA) is 201 Å². The van der Waals surface area contributed by atoms with Crippen LogP contribution in [0.4, 0.5) is 0 Å². The Morgan fingerprint density at radius 2 is 2.12 bits per heavy atom. The first-order valence-corrected chi connectivity index (χ1v) is 14.3. The Morgan fingerprint density at radius 1 is 1.32 bits per heavy atom. The number of hydrogen-bond acceptors (Lipinski definition) is 11. The number of carboxylic acids is 1. The molecule has 0 bridgehead atoms. The van der Waals surface area contributed by atoms with Gasteiger partial charge in [-0.2, -0.15) is 0 Å². The van der Waals surface area contributed by atoms with Crippen molar-refractivity contribution in [2.24, 2.45) is 28.5 Å². The number of carbonyl (C=O) groups is 4. The molecule has 0 saturated carbocycles. The lowest BCUT2D eigenvalue weighted by Gasteiger charge is -2.47. The van der Waals surface area contributed by atoms with Crippen LogP contribution in [0, 0.1) is 17.8 Å². The van der Waals surface area contributed by atoms with Crippen molar-refractivity contribution in [3.63, 3.8) is 0 Å². The van der Waals surface area contributed by atoms with Crippen LogP contribution < -0.4 is 16.4 Å². The molecule has 214 valence electrons. The van der Waals surface area contributed by atoms with E-state index in [0.717, 1.165) is 6.42 Å². The lowest BCUT2D eigenvalue weighted by molar-refractivity contribution is -0.158. The lowest BCUT2D eigenvalue weighted by atomic mass is 9.78. The van der Waals surface area contributed by atoms with Crippen LogP contribution in [-0.2, 0) is 25.7 Å². The molecule has 1 aromatic rings. The number of aliphatic imine (C=N–C) groups is 1. The van der Waals surface area contributed by atoms with Crippen LogP contribution in [0.1, 0.15) is 26.7 Å². The van der Waals surface area contributed by atoms with E-state index in [1.165, 1.54) is 27.7 Å². The fourth-order valence-corrected chi connectivity index (χ4v) is 8.26. The van der Waals surface area contributed by atoms with Crippen molar-refractivity contribution < 1.29 is 24.3 Å². The van der Waals surface area contributed by atoms with Crippen molar-refractivity contribution in [1.29, 1.82) is 0 Å². The van der Waals surface area contributed by atoms with E-state index >= 15 is 0 Å². The number of hydrogen-bond donors (Lipinski definition) is 4. The largest absolute Gasteiger partial charge is 0.477 e. The molecule has 5 N–H and O–H groups in total. The summed E-state index contributed by atoms with van der Waals surface area (Å²) >= 11 is 1.44. The second-order valence-electron chi connectivity index (χ2n) is 11.2. The number of nitrogens with two attached hydrogens (primary N) is 1. The van der Waals surface area contributed by atoms with E-state index in [2.05, 4.69) is 31.2 Å². The van der Waals surface area contributed by atoms with Gasteiger partial charge in [0.1, 0.15) is 18.6 Å². The minimum atomic E-state index is -1.15. The highest BCUT2D eigenvalue weighted by Crippen LogP contribution is 2.52. The highest BCUT2D eigenvalue weighted by Gasteiger charge is 2.60. The Balaban J connectivity index is 1.09. The van der Waals surface area contributed by atoms with Crippen molar-refractivity contribution in [1.82, 2.24) is 40.6 Å². The Labute approximate surface area is 234 Å². The molecule has 6 heterocycles. The molecule has 0 spiro atoms. The SMILES string of the molecule is CC(NC(=O)Cn1cnnn1)[C@H]1C(=O)N2C(C(=O)O)=C(SC3CN[C@H](C(=O)N4C[C@@H]5CC(N)=N[C@@H]5C4)C3)[C@H](C)[C@H]12. The maximum Gasteiger partial charge on any atom is 0.353 e. The predicted octanol–water partition coefficient (Wildman–Crippen LogP) is -2.00. The lowest BCUT2D eigenvalue weighted by Crippen LogP contribution is -2.66. The van der Waals surface area contributed by atoms with E-state index in [4.69, 9.17) is 5.73 Å². The zero-order valence-corrected chi connectivity index (χ0v) is 23.0. The number of fused-ring (bicyclic) bond motifs is 2. The number of β-lactam (4-membered cyclic amide) rings is 1. The van der Waals surface area contributed by atoms with Crippen molar-refractivity contribution >= 4 is 41.3 Å². The summed E-state index contributed by atoms with van der Waals surface area (Å²) in [6.07, 6.45) is 2.62. The molecule has 0 aromatic carbocycles. The monoisotopic (exact) mass is 572 g/mol. The molecule has 15 nitrogen and oxygen atoms in total. The molecular formula is C24H32N10O5S. The molecule has 0 radical (unpaired) electrons. The first-order valence-electron chi connectivity index (χ1n) is 13.4. The number of thioether (sulfide) groups is 1. The van der Waals surface area contributed by atoms with E-state index < -0.39 is 17.9 Å². The van der Waals surface area contributed by atoms with Gasteiger partial charge in [-0.3, -0.25) is 19.4 Å². The Bertz CT molecular complexity index is 1300. The summed E-state index contributed by atoms with van der Waals surface area (Å²) in [7, 11) is 0. The van der Waals surface area contributed by atoms with E-state index in [1.807, 2.05) is 11.8 Å². The summed E-state index contributed by atoms with van der Waals surface area (Å²) < 4.78 is 1.28. The molecule has 8 atom stereocenters. The van der Waals surface area contributed by atoms with Crippen LogP contribution >= 0.6 is 11.8 Å². The van der Waals surface area contributed by atoms with Gasteiger partial charge in [0, 0.05) is 54.1 Å². The molecule has 2 unspecified atom stereocenters. The minimum absolute atomic E-state index is 0.00793. The summed E-state index contributed by atoms with van der Waals surface area (Å²) in [5.41, 5.74) is 5.85. The fraction of sp³-hybridized carbons (Fsp3) is 0.667. The quantitative estimate of drug-likeness (QED) is 0.251. The zero-order valence-electron chi connectivity index (χ0n) is 22.1. The van der Waals surface area contributed by atoms with Gasteiger partial charge in [0.15, 0.2) is 0 Å². The van der Waals surface area contributed by atoms with Crippen molar-refractivity contribution in [2.75, 3.05) is 19.6 Å². The first-order chi connectivity index (χ1) is 19.1. The van der Waals surface area contributed by atoms with E-state index in [9.17, 15) is 24.3 Å².